The van der Waals surface area contributed by atoms with E-state index >= 15 is 0 Å². The summed E-state index contributed by atoms with van der Waals surface area (Å²) in [6.07, 6.45) is 3.09. The molecule has 1 aromatic carbocycles. The SMILES string of the molecule is CCOC(=O)C=c1sc(=Cc2cccs2)c(=O)n1CC(=O)N1CCN(c2ccccc2)CC1. The minimum atomic E-state index is -0.529. The maximum atomic E-state index is 13.1. The fourth-order valence-corrected chi connectivity index (χ4v) is 5.42. The van der Waals surface area contributed by atoms with Crippen LogP contribution < -0.4 is 19.7 Å². The molecule has 172 valence electrons. The second-order valence-electron chi connectivity index (χ2n) is 7.46. The van der Waals surface area contributed by atoms with Crippen molar-refractivity contribution in [2.24, 2.45) is 0 Å². The van der Waals surface area contributed by atoms with Crippen LogP contribution in [-0.4, -0.2) is 54.1 Å². The number of carbonyl (C=O) groups is 2. The molecule has 1 aliphatic heterocycles. The van der Waals surface area contributed by atoms with Crippen LogP contribution in [0.1, 0.15) is 11.8 Å². The average molecular weight is 484 g/mol. The van der Waals surface area contributed by atoms with E-state index in [4.69, 9.17) is 4.74 Å². The molecular formula is C24H25N3O4S2. The van der Waals surface area contributed by atoms with Gasteiger partial charge in [0.15, 0.2) is 0 Å². The highest BCUT2D eigenvalue weighted by Gasteiger charge is 2.22. The van der Waals surface area contributed by atoms with Crippen molar-refractivity contribution in [3.8, 4) is 0 Å². The first-order chi connectivity index (χ1) is 16.0. The molecule has 0 atom stereocenters. The zero-order valence-corrected chi connectivity index (χ0v) is 19.9. The van der Waals surface area contributed by atoms with Crippen LogP contribution >= 0.6 is 22.7 Å². The molecule has 0 bridgehead atoms. The van der Waals surface area contributed by atoms with Crippen LogP contribution in [0.5, 0.6) is 0 Å². The number of ether oxygens (including phenoxy) is 1. The van der Waals surface area contributed by atoms with Crippen molar-refractivity contribution in [3.05, 3.63) is 72.3 Å². The molecule has 33 heavy (non-hydrogen) atoms. The number of hydrogen-bond donors (Lipinski definition) is 0. The summed E-state index contributed by atoms with van der Waals surface area (Å²) in [5, 5.41) is 1.93. The van der Waals surface area contributed by atoms with E-state index < -0.39 is 5.97 Å². The number of benzene rings is 1. The van der Waals surface area contributed by atoms with Crippen LogP contribution in [0.2, 0.25) is 0 Å². The van der Waals surface area contributed by atoms with Crippen LogP contribution in [0.15, 0.2) is 52.6 Å². The highest BCUT2D eigenvalue weighted by Crippen LogP contribution is 2.15. The molecular weight excluding hydrogens is 458 g/mol. The molecule has 1 amide bonds. The van der Waals surface area contributed by atoms with E-state index in [1.54, 1.807) is 17.9 Å². The molecule has 1 aliphatic rings. The Balaban J connectivity index is 1.55. The van der Waals surface area contributed by atoms with Crippen LogP contribution in [0, 0.1) is 0 Å². The Kier molecular flexibility index (Phi) is 7.41. The molecule has 7 nitrogen and oxygen atoms in total. The fraction of sp³-hybridized carbons (Fsp3) is 0.292. The fourth-order valence-electron chi connectivity index (χ4n) is 3.67. The molecule has 0 aliphatic carbocycles. The van der Waals surface area contributed by atoms with Gasteiger partial charge in [0.25, 0.3) is 5.56 Å². The van der Waals surface area contributed by atoms with Gasteiger partial charge in [0.2, 0.25) is 5.91 Å². The summed E-state index contributed by atoms with van der Waals surface area (Å²) in [6, 6.07) is 13.9. The van der Waals surface area contributed by atoms with Crippen molar-refractivity contribution < 1.29 is 14.3 Å². The van der Waals surface area contributed by atoms with Gasteiger partial charge in [-0.25, -0.2) is 4.79 Å². The predicted octanol–water partition coefficient (Wildman–Crippen LogP) is 1.49. The molecule has 0 saturated carbocycles. The van der Waals surface area contributed by atoms with E-state index in [1.807, 2.05) is 35.7 Å². The van der Waals surface area contributed by atoms with Gasteiger partial charge in [0, 0.05) is 36.7 Å². The van der Waals surface area contributed by atoms with Gasteiger partial charge in [-0.3, -0.25) is 14.2 Å². The first-order valence-corrected chi connectivity index (χ1v) is 12.5. The number of rotatable bonds is 6. The molecule has 3 heterocycles. The van der Waals surface area contributed by atoms with E-state index in [9.17, 15) is 14.4 Å². The van der Waals surface area contributed by atoms with Crippen LogP contribution in [0.3, 0.4) is 0 Å². The maximum absolute atomic E-state index is 13.1. The summed E-state index contributed by atoms with van der Waals surface area (Å²) in [5.74, 6) is -0.664. The summed E-state index contributed by atoms with van der Waals surface area (Å²) in [5.41, 5.74) is 0.860. The summed E-state index contributed by atoms with van der Waals surface area (Å²) < 4.78 is 7.30. The van der Waals surface area contributed by atoms with E-state index in [0.29, 0.717) is 22.3 Å². The van der Waals surface area contributed by atoms with Crippen LogP contribution in [-0.2, 0) is 20.9 Å². The largest absolute Gasteiger partial charge is 0.463 e. The van der Waals surface area contributed by atoms with E-state index in [2.05, 4.69) is 17.0 Å². The molecule has 1 saturated heterocycles. The van der Waals surface area contributed by atoms with Crippen LogP contribution in [0.25, 0.3) is 12.2 Å². The minimum absolute atomic E-state index is 0.107. The monoisotopic (exact) mass is 483 g/mol. The predicted molar refractivity (Wildman–Crippen MR) is 132 cm³/mol. The standard InChI is InChI=1S/C24H25N3O4S2/c1-2-31-23(29)16-22-27(24(30)20(33-22)15-19-9-6-14-32-19)17-21(28)26-12-10-25(11-13-26)18-7-4-3-5-8-18/h3-9,14-16H,2,10-13,17H2,1H3. The van der Waals surface area contributed by atoms with Crippen molar-refractivity contribution in [2.75, 3.05) is 37.7 Å². The number of piperazine rings is 1. The molecule has 3 aromatic rings. The Morgan fingerprint density at radius 1 is 1.06 bits per heavy atom. The lowest BCUT2D eigenvalue weighted by atomic mass is 10.2. The third kappa shape index (κ3) is 5.61. The number of thiophene rings is 1. The van der Waals surface area contributed by atoms with E-state index in [1.165, 1.54) is 33.3 Å². The smallest absolute Gasteiger partial charge is 0.333 e. The highest BCUT2D eigenvalue weighted by molar-refractivity contribution is 7.11. The number of amides is 1. The van der Waals surface area contributed by atoms with Gasteiger partial charge in [-0.05, 0) is 36.6 Å². The van der Waals surface area contributed by atoms with Gasteiger partial charge in [-0.1, -0.05) is 24.3 Å². The van der Waals surface area contributed by atoms with Crippen LogP contribution in [0.4, 0.5) is 5.69 Å². The molecule has 0 unspecified atom stereocenters. The summed E-state index contributed by atoms with van der Waals surface area (Å²) in [6.45, 7) is 4.48. The second-order valence-corrected chi connectivity index (χ2v) is 9.50. The molecule has 0 radical (unpaired) electrons. The lowest BCUT2D eigenvalue weighted by Gasteiger charge is -2.36. The highest BCUT2D eigenvalue weighted by atomic mass is 32.1. The van der Waals surface area contributed by atoms with Gasteiger partial charge in [0.1, 0.15) is 11.2 Å². The van der Waals surface area contributed by atoms with Crippen molar-refractivity contribution in [3.63, 3.8) is 0 Å². The van der Waals surface area contributed by atoms with Gasteiger partial charge in [-0.2, -0.15) is 0 Å². The van der Waals surface area contributed by atoms with E-state index in [0.717, 1.165) is 23.7 Å². The Labute approximate surface area is 199 Å². The second kappa shape index (κ2) is 10.6. The minimum Gasteiger partial charge on any atom is -0.463 e. The number of anilines is 1. The van der Waals surface area contributed by atoms with Gasteiger partial charge in [-0.15, -0.1) is 22.7 Å². The Morgan fingerprint density at radius 2 is 1.82 bits per heavy atom. The summed E-state index contributed by atoms with van der Waals surface area (Å²) in [4.78, 5) is 43.2. The van der Waals surface area contributed by atoms with Crippen molar-refractivity contribution in [2.45, 2.75) is 13.5 Å². The zero-order valence-electron chi connectivity index (χ0n) is 18.3. The van der Waals surface area contributed by atoms with Crippen molar-refractivity contribution in [1.29, 1.82) is 0 Å². The number of esters is 1. The molecule has 0 spiro atoms. The number of nitrogens with zero attached hydrogens (tertiary/aromatic N) is 3. The zero-order chi connectivity index (χ0) is 23.2. The number of para-hydroxylation sites is 1. The third-order valence-corrected chi connectivity index (χ3v) is 7.21. The average Bonchev–Trinajstić information content (AvgIpc) is 3.44. The Bertz CT molecular complexity index is 1270. The quantitative estimate of drug-likeness (QED) is 0.497. The lowest BCUT2D eigenvalue weighted by Crippen LogP contribution is -2.50. The number of hydrogen-bond acceptors (Lipinski definition) is 7. The van der Waals surface area contributed by atoms with Crippen molar-refractivity contribution in [1.82, 2.24) is 9.47 Å². The van der Waals surface area contributed by atoms with Gasteiger partial charge >= 0.3 is 5.97 Å². The summed E-state index contributed by atoms with van der Waals surface area (Å²) in [7, 11) is 0. The van der Waals surface area contributed by atoms with Crippen molar-refractivity contribution >= 4 is 52.4 Å². The number of aromatic nitrogens is 1. The molecule has 1 fully saturated rings. The van der Waals surface area contributed by atoms with E-state index in [-0.39, 0.29) is 24.6 Å². The first-order valence-electron chi connectivity index (χ1n) is 10.8. The lowest BCUT2D eigenvalue weighted by molar-refractivity contribution is -0.135. The number of carbonyl (C=O) groups excluding carboxylic acids is 2. The number of thiazole rings is 1. The molecule has 0 N–H and O–H groups in total. The molecule has 2 aromatic heterocycles. The Hall–Kier alpha value is -3.17. The van der Waals surface area contributed by atoms with Gasteiger partial charge in [0.05, 0.1) is 17.2 Å². The third-order valence-electron chi connectivity index (χ3n) is 5.33. The summed E-state index contributed by atoms with van der Waals surface area (Å²) >= 11 is 2.71. The molecule has 9 heteroatoms. The maximum Gasteiger partial charge on any atom is 0.333 e. The normalized spacial score (nSPS) is 15.2. The molecule has 4 rings (SSSR count). The van der Waals surface area contributed by atoms with Gasteiger partial charge < -0.3 is 14.5 Å². The Morgan fingerprint density at radius 3 is 2.48 bits per heavy atom. The first kappa shape index (κ1) is 23.0. The topological polar surface area (TPSA) is 71.8 Å².